The zero-order valence-corrected chi connectivity index (χ0v) is 21.9. The molecule has 1 fully saturated rings. The zero-order valence-electron chi connectivity index (χ0n) is 18.8. The molecule has 0 saturated carbocycles. The fourth-order valence-corrected chi connectivity index (χ4v) is 4.13. The van der Waals surface area contributed by atoms with Crippen LogP contribution in [0.5, 0.6) is 5.75 Å². The predicted octanol–water partition coefficient (Wildman–Crippen LogP) is 3.13. The van der Waals surface area contributed by atoms with Crippen LogP contribution in [0.3, 0.4) is 0 Å². The topological polar surface area (TPSA) is 83.0 Å². The molecule has 1 aliphatic rings. The van der Waals surface area contributed by atoms with Crippen molar-refractivity contribution in [3.05, 3.63) is 29.3 Å². The van der Waals surface area contributed by atoms with Crippen molar-refractivity contribution in [2.75, 3.05) is 32.4 Å². The van der Waals surface area contributed by atoms with Crippen LogP contribution in [-0.2, 0) is 16.6 Å². The number of benzene rings is 1. The van der Waals surface area contributed by atoms with Crippen LogP contribution in [-0.4, -0.2) is 57.2 Å². The lowest BCUT2D eigenvalue weighted by molar-refractivity contribution is 0.215. The maximum atomic E-state index is 11.7. The lowest BCUT2D eigenvalue weighted by atomic mass is 10.1. The Kier molecular flexibility index (Phi) is 11.4. The largest absolute Gasteiger partial charge is 0.490 e. The van der Waals surface area contributed by atoms with Gasteiger partial charge in [-0.25, -0.2) is 17.7 Å². The minimum absolute atomic E-state index is 0. The second-order valence-electron chi connectivity index (χ2n) is 7.80. The molecule has 7 nitrogen and oxygen atoms in total. The van der Waals surface area contributed by atoms with Gasteiger partial charge in [0.05, 0.1) is 18.9 Å². The smallest absolute Gasteiger partial charge is 0.211 e. The van der Waals surface area contributed by atoms with E-state index in [1.807, 2.05) is 6.92 Å². The van der Waals surface area contributed by atoms with Gasteiger partial charge in [-0.05, 0) is 51.2 Å². The first-order valence-corrected chi connectivity index (χ1v) is 12.3. The third-order valence-electron chi connectivity index (χ3n) is 5.15. The Labute approximate surface area is 199 Å². The van der Waals surface area contributed by atoms with Gasteiger partial charge in [0.1, 0.15) is 5.75 Å². The Morgan fingerprint density at radius 3 is 2.67 bits per heavy atom. The summed E-state index contributed by atoms with van der Waals surface area (Å²) in [5.74, 6) is 1.91. The Bertz CT molecular complexity index is 801. The first-order valence-electron chi connectivity index (χ1n) is 10.5. The first kappa shape index (κ1) is 27.0. The van der Waals surface area contributed by atoms with E-state index in [-0.39, 0.29) is 36.0 Å². The van der Waals surface area contributed by atoms with E-state index in [2.05, 4.69) is 49.6 Å². The summed E-state index contributed by atoms with van der Waals surface area (Å²) in [6, 6.07) is 6.21. The van der Waals surface area contributed by atoms with E-state index in [1.165, 1.54) is 6.26 Å². The van der Waals surface area contributed by atoms with E-state index in [0.29, 0.717) is 26.2 Å². The van der Waals surface area contributed by atoms with Crippen LogP contribution in [0.2, 0.25) is 0 Å². The van der Waals surface area contributed by atoms with Crippen molar-refractivity contribution in [1.29, 1.82) is 0 Å². The van der Waals surface area contributed by atoms with Crippen LogP contribution in [0.15, 0.2) is 23.2 Å². The molecule has 172 valence electrons. The number of guanidine groups is 1. The maximum Gasteiger partial charge on any atom is 0.211 e. The highest BCUT2D eigenvalue weighted by Crippen LogP contribution is 2.23. The highest BCUT2D eigenvalue weighted by atomic mass is 127. The number of nitrogens with one attached hydrogen (secondary N) is 2. The van der Waals surface area contributed by atoms with Crippen molar-refractivity contribution in [2.24, 2.45) is 10.9 Å². The Morgan fingerprint density at radius 2 is 2.07 bits per heavy atom. The molecular weight excluding hydrogens is 515 g/mol. The molecule has 30 heavy (non-hydrogen) atoms. The lowest BCUT2D eigenvalue weighted by Crippen LogP contribution is -2.40. The number of hydrogen-bond donors (Lipinski definition) is 2. The third kappa shape index (κ3) is 8.58. The molecule has 9 heteroatoms. The highest BCUT2D eigenvalue weighted by molar-refractivity contribution is 14.0. The first-order chi connectivity index (χ1) is 13.7. The van der Waals surface area contributed by atoms with Crippen LogP contribution >= 0.6 is 24.0 Å². The Morgan fingerprint density at radius 1 is 1.33 bits per heavy atom. The van der Waals surface area contributed by atoms with Gasteiger partial charge in [0.25, 0.3) is 0 Å². The quantitative estimate of drug-likeness (QED) is 0.280. The lowest BCUT2D eigenvalue weighted by Gasteiger charge is -2.18. The number of aliphatic imine (C=N–C) groups is 1. The second kappa shape index (κ2) is 12.7. The van der Waals surface area contributed by atoms with Gasteiger partial charge in [-0.1, -0.05) is 19.1 Å². The maximum absolute atomic E-state index is 11.7. The third-order valence-corrected chi connectivity index (χ3v) is 6.42. The summed E-state index contributed by atoms with van der Waals surface area (Å²) in [5, 5.41) is 6.63. The van der Waals surface area contributed by atoms with Crippen LogP contribution in [0.1, 0.15) is 44.7 Å². The van der Waals surface area contributed by atoms with Gasteiger partial charge in [-0.2, -0.15) is 0 Å². The molecule has 0 radical (unpaired) electrons. The SMILES string of the molecule is CCNC(=NCc1ccc(C)cc1OC(C)CC)NCC1CCN(S(C)(=O)=O)C1.I. The number of halogens is 1. The number of hydrogen-bond acceptors (Lipinski definition) is 4. The minimum Gasteiger partial charge on any atom is -0.490 e. The van der Waals surface area contributed by atoms with Gasteiger partial charge in [0.15, 0.2) is 5.96 Å². The molecule has 2 unspecified atom stereocenters. The molecule has 2 N–H and O–H groups in total. The van der Waals surface area contributed by atoms with E-state index >= 15 is 0 Å². The van der Waals surface area contributed by atoms with E-state index in [4.69, 9.17) is 9.73 Å². The molecule has 2 rings (SSSR count). The van der Waals surface area contributed by atoms with Crippen LogP contribution in [0.25, 0.3) is 0 Å². The summed E-state index contributed by atoms with van der Waals surface area (Å²) in [4.78, 5) is 4.72. The van der Waals surface area contributed by atoms with Crippen LogP contribution in [0, 0.1) is 12.8 Å². The van der Waals surface area contributed by atoms with Crippen LogP contribution < -0.4 is 15.4 Å². The zero-order chi connectivity index (χ0) is 21.4. The predicted molar refractivity (Wildman–Crippen MR) is 134 cm³/mol. The van der Waals surface area contributed by atoms with Crippen molar-refractivity contribution in [1.82, 2.24) is 14.9 Å². The average molecular weight is 553 g/mol. The summed E-state index contributed by atoms with van der Waals surface area (Å²) in [6.07, 6.45) is 3.25. The monoisotopic (exact) mass is 552 g/mol. The van der Waals surface area contributed by atoms with Crippen molar-refractivity contribution >= 4 is 40.0 Å². The van der Waals surface area contributed by atoms with Gasteiger partial charge in [-0.3, -0.25) is 0 Å². The molecule has 1 heterocycles. The normalized spacial score (nSPS) is 18.6. The summed E-state index contributed by atoms with van der Waals surface area (Å²) in [6.45, 7) is 11.4. The van der Waals surface area contributed by atoms with Gasteiger partial charge in [-0.15, -0.1) is 24.0 Å². The Balaban J connectivity index is 0.00000450. The molecule has 0 aliphatic carbocycles. The fourth-order valence-electron chi connectivity index (χ4n) is 3.21. The van der Waals surface area contributed by atoms with Crippen molar-refractivity contribution in [3.8, 4) is 5.75 Å². The summed E-state index contributed by atoms with van der Waals surface area (Å²) >= 11 is 0. The molecule has 0 spiro atoms. The summed E-state index contributed by atoms with van der Waals surface area (Å²) in [5.41, 5.74) is 2.22. The standard InChI is InChI=1S/C21H36N4O3S.HI/c1-6-17(4)28-20-12-16(3)8-9-19(20)14-24-21(22-7-2)23-13-18-10-11-25(15-18)29(5,26)27;/h8-9,12,17-18H,6-7,10-11,13-15H2,1-5H3,(H2,22,23,24);1H. The number of aryl methyl sites for hydroxylation is 1. The molecule has 1 aliphatic heterocycles. The van der Waals surface area contributed by atoms with Gasteiger partial charge < -0.3 is 15.4 Å². The van der Waals surface area contributed by atoms with E-state index in [9.17, 15) is 8.42 Å². The van der Waals surface area contributed by atoms with Gasteiger partial charge in [0, 0.05) is 31.7 Å². The number of rotatable bonds is 9. The van der Waals surface area contributed by atoms with Gasteiger partial charge >= 0.3 is 0 Å². The van der Waals surface area contributed by atoms with Crippen molar-refractivity contribution in [3.63, 3.8) is 0 Å². The molecule has 1 saturated heterocycles. The fraction of sp³-hybridized carbons (Fsp3) is 0.667. The van der Waals surface area contributed by atoms with E-state index < -0.39 is 10.0 Å². The number of nitrogens with zero attached hydrogens (tertiary/aromatic N) is 2. The molecule has 2 atom stereocenters. The number of ether oxygens (including phenoxy) is 1. The van der Waals surface area contributed by atoms with Crippen molar-refractivity contribution < 1.29 is 13.2 Å². The Hall–Kier alpha value is -1.07. The molecule has 1 aromatic carbocycles. The molecule has 0 bridgehead atoms. The van der Waals surface area contributed by atoms with E-state index in [1.54, 1.807) is 4.31 Å². The average Bonchev–Trinajstić information content (AvgIpc) is 3.14. The molecular formula is C21H37IN4O3S. The summed E-state index contributed by atoms with van der Waals surface area (Å²) < 4.78 is 31.0. The molecule has 0 aromatic heterocycles. The summed E-state index contributed by atoms with van der Waals surface area (Å²) in [7, 11) is -3.11. The van der Waals surface area contributed by atoms with E-state index in [0.717, 1.165) is 42.2 Å². The highest BCUT2D eigenvalue weighted by Gasteiger charge is 2.28. The molecule has 0 amide bonds. The molecule has 1 aromatic rings. The minimum atomic E-state index is -3.11. The second-order valence-corrected chi connectivity index (χ2v) is 9.78. The van der Waals surface area contributed by atoms with Gasteiger partial charge in [0.2, 0.25) is 10.0 Å². The van der Waals surface area contributed by atoms with Crippen molar-refractivity contribution in [2.45, 2.75) is 53.2 Å². The van der Waals surface area contributed by atoms with Crippen LogP contribution in [0.4, 0.5) is 0 Å². The number of sulfonamides is 1.